The average Bonchev–Trinajstić information content (AvgIpc) is 2.91. The van der Waals surface area contributed by atoms with Crippen LogP contribution in [0.1, 0.15) is 13.3 Å². The monoisotopic (exact) mass is 347 g/mol. The van der Waals surface area contributed by atoms with Crippen molar-refractivity contribution in [3.05, 3.63) is 24.3 Å². The van der Waals surface area contributed by atoms with E-state index in [2.05, 4.69) is 20.3 Å². The Kier molecular flexibility index (Phi) is 5.08. The van der Waals surface area contributed by atoms with E-state index in [0.29, 0.717) is 17.3 Å². The van der Waals surface area contributed by atoms with Gasteiger partial charge in [0.15, 0.2) is 0 Å². The Morgan fingerprint density at radius 1 is 1.39 bits per heavy atom. The Morgan fingerprint density at radius 3 is 2.57 bits per heavy atom. The molecule has 1 aromatic heterocycles. The fourth-order valence-electron chi connectivity index (χ4n) is 1.67. The van der Waals surface area contributed by atoms with Crippen LogP contribution in [0.4, 0.5) is 13.2 Å². The molecule has 0 aliphatic rings. The van der Waals surface area contributed by atoms with Crippen LogP contribution in [0.15, 0.2) is 29.4 Å². The molecular weight excluding hydrogens is 335 g/mol. The number of carbonyl (C=O) groups excluding carboxylic acids is 1. The molecule has 2 N–H and O–H groups in total. The number of hydrogen-bond donors (Lipinski definition) is 1. The fraction of sp³-hybridized carbons (Fsp3) is 0.333. The molecule has 0 radical (unpaired) electrons. The van der Waals surface area contributed by atoms with Gasteiger partial charge in [0.2, 0.25) is 11.1 Å². The largest absolute Gasteiger partial charge is 0.573 e. The summed E-state index contributed by atoms with van der Waals surface area (Å²) in [6, 6.07) is 5.02. The summed E-state index contributed by atoms with van der Waals surface area (Å²) in [6.07, 6.45) is -4.27. The summed E-state index contributed by atoms with van der Waals surface area (Å²) in [6.45, 7) is 1.79. The van der Waals surface area contributed by atoms with Crippen molar-refractivity contribution in [2.45, 2.75) is 30.1 Å². The number of primary amides is 1. The highest BCUT2D eigenvalue weighted by Gasteiger charge is 2.31. The Morgan fingerprint density at radius 2 is 2.04 bits per heavy atom. The summed E-state index contributed by atoms with van der Waals surface area (Å²) < 4.78 is 41.5. The number of nitrogens with two attached hydrogens (primary N) is 1. The number of thioether (sulfide) groups is 1. The Labute approximate surface area is 133 Å². The summed E-state index contributed by atoms with van der Waals surface area (Å²) in [4.78, 5) is 11.3. The van der Waals surface area contributed by atoms with E-state index >= 15 is 0 Å². The third-order valence-electron chi connectivity index (χ3n) is 2.69. The Hall–Kier alpha value is -2.30. The number of carbonyl (C=O) groups is 1. The molecule has 0 aliphatic carbocycles. The van der Waals surface area contributed by atoms with Crippen molar-refractivity contribution < 1.29 is 22.7 Å². The second kappa shape index (κ2) is 6.86. The minimum Gasteiger partial charge on any atom is -0.406 e. The van der Waals surface area contributed by atoms with Gasteiger partial charge in [-0.05, 0) is 41.1 Å². The minimum absolute atomic E-state index is 0.306. The van der Waals surface area contributed by atoms with E-state index in [4.69, 9.17) is 5.73 Å². The third kappa shape index (κ3) is 4.58. The van der Waals surface area contributed by atoms with Crippen molar-refractivity contribution in [3.63, 3.8) is 0 Å². The lowest BCUT2D eigenvalue weighted by molar-refractivity contribution is -0.274. The number of benzene rings is 1. The van der Waals surface area contributed by atoms with Gasteiger partial charge in [0.1, 0.15) is 5.75 Å². The highest BCUT2D eigenvalue weighted by molar-refractivity contribution is 8.00. The zero-order chi connectivity index (χ0) is 17.0. The molecule has 23 heavy (non-hydrogen) atoms. The Bertz CT molecular complexity index is 674. The van der Waals surface area contributed by atoms with E-state index in [0.717, 1.165) is 23.9 Å². The smallest absolute Gasteiger partial charge is 0.406 e. The predicted molar refractivity (Wildman–Crippen MR) is 75.0 cm³/mol. The quantitative estimate of drug-likeness (QED) is 0.802. The van der Waals surface area contributed by atoms with Crippen LogP contribution in [0.2, 0.25) is 0 Å². The minimum atomic E-state index is -4.76. The lowest BCUT2D eigenvalue weighted by Gasteiger charge is -2.11. The first-order valence-corrected chi connectivity index (χ1v) is 7.28. The molecule has 1 aromatic carbocycles. The predicted octanol–water partition coefficient (Wildman–Crippen LogP) is 1.92. The summed E-state index contributed by atoms with van der Waals surface area (Å²) in [7, 11) is 0. The van der Waals surface area contributed by atoms with Crippen molar-refractivity contribution in [3.8, 4) is 11.4 Å². The van der Waals surface area contributed by atoms with Crippen LogP contribution in [-0.4, -0.2) is 37.7 Å². The van der Waals surface area contributed by atoms with Gasteiger partial charge in [-0.1, -0.05) is 18.7 Å². The number of amides is 1. The van der Waals surface area contributed by atoms with Gasteiger partial charge in [-0.3, -0.25) is 4.79 Å². The topological polar surface area (TPSA) is 95.9 Å². The van der Waals surface area contributed by atoms with E-state index < -0.39 is 17.5 Å². The van der Waals surface area contributed by atoms with E-state index in [-0.39, 0.29) is 5.75 Å². The molecule has 1 atom stereocenters. The van der Waals surface area contributed by atoms with Crippen LogP contribution in [0.5, 0.6) is 5.75 Å². The Balaban J connectivity index is 2.20. The van der Waals surface area contributed by atoms with Crippen molar-refractivity contribution in [1.82, 2.24) is 20.2 Å². The number of alkyl halides is 3. The van der Waals surface area contributed by atoms with Gasteiger partial charge in [-0.2, -0.15) is 4.68 Å². The molecule has 0 fully saturated rings. The average molecular weight is 347 g/mol. The number of ether oxygens (including phenoxy) is 1. The van der Waals surface area contributed by atoms with Gasteiger partial charge in [0, 0.05) is 0 Å². The highest BCUT2D eigenvalue weighted by atomic mass is 32.2. The summed E-state index contributed by atoms with van der Waals surface area (Å²) in [5, 5.41) is 10.9. The van der Waals surface area contributed by atoms with Crippen LogP contribution in [0.3, 0.4) is 0 Å². The lowest BCUT2D eigenvalue weighted by Crippen LogP contribution is -2.25. The van der Waals surface area contributed by atoms with Gasteiger partial charge in [-0.15, -0.1) is 18.3 Å². The molecule has 11 heteroatoms. The fourth-order valence-corrected chi connectivity index (χ4v) is 2.54. The molecule has 124 valence electrons. The maximum atomic E-state index is 12.1. The molecule has 7 nitrogen and oxygen atoms in total. The van der Waals surface area contributed by atoms with Gasteiger partial charge in [0.25, 0.3) is 0 Å². The molecule has 2 rings (SSSR count). The number of hydrogen-bond acceptors (Lipinski definition) is 6. The SMILES string of the molecule is CC[C@H](Sc1nnnn1-c1ccc(OC(F)(F)F)cc1)C(N)=O. The zero-order valence-corrected chi connectivity index (χ0v) is 12.6. The maximum Gasteiger partial charge on any atom is 0.573 e. The normalized spacial score (nSPS) is 12.9. The molecular formula is C12H12F3N5O2S. The number of aromatic nitrogens is 4. The third-order valence-corrected chi connectivity index (χ3v) is 4.01. The van der Waals surface area contributed by atoms with Crippen molar-refractivity contribution in [1.29, 1.82) is 0 Å². The van der Waals surface area contributed by atoms with Gasteiger partial charge >= 0.3 is 6.36 Å². The van der Waals surface area contributed by atoms with E-state index in [1.807, 2.05) is 0 Å². The standard InChI is InChI=1S/C12H12F3N5O2S/c1-2-9(10(16)21)23-11-17-18-19-20(11)7-3-5-8(6-4-7)22-12(13,14)15/h3-6,9H,2H2,1H3,(H2,16,21)/t9-/m0/s1. The first kappa shape index (κ1) is 17.1. The number of nitrogens with zero attached hydrogens (tertiary/aromatic N) is 4. The van der Waals surface area contributed by atoms with Gasteiger partial charge in [0.05, 0.1) is 10.9 Å². The van der Waals surface area contributed by atoms with Crippen LogP contribution in [0, 0.1) is 0 Å². The van der Waals surface area contributed by atoms with Gasteiger partial charge < -0.3 is 10.5 Å². The van der Waals surface area contributed by atoms with Gasteiger partial charge in [-0.25, -0.2) is 0 Å². The van der Waals surface area contributed by atoms with E-state index in [9.17, 15) is 18.0 Å². The summed E-state index contributed by atoms with van der Waals surface area (Å²) in [5.74, 6) is -0.854. The zero-order valence-electron chi connectivity index (χ0n) is 11.8. The molecule has 0 saturated heterocycles. The summed E-state index contributed by atoms with van der Waals surface area (Å²) >= 11 is 1.08. The second-order valence-electron chi connectivity index (χ2n) is 4.33. The lowest BCUT2D eigenvalue weighted by atomic mass is 10.3. The van der Waals surface area contributed by atoms with Crippen molar-refractivity contribution >= 4 is 17.7 Å². The van der Waals surface area contributed by atoms with Crippen molar-refractivity contribution in [2.24, 2.45) is 5.73 Å². The first-order valence-electron chi connectivity index (χ1n) is 6.40. The van der Waals surface area contributed by atoms with Crippen LogP contribution < -0.4 is 10.5 Å². The van der Waals surface area contributed by atoms with E-state index in [1.165, 1.54) is 16.8 Å². The van der Waals surface area contributed by atoms with Crippen molar-refractivity contribution in [2.75, 3.05) is 0 Å². The second-order valence-corrected chi connectivity index (χ2v) is 5.50. The maximum absolute atomic E-state index is 12.1. The molecule has 0 aliphatic heterocycles. The summed E-state index contributed by atoms with van der Waals surface area (Å²) in [5.41, 5.74) is 5.69. The molecule has 0 bridgehead atoms. The molecule has 1 amide bonds. The molecule has 1 heterocycles. The van der Waals surface area contributed by atoms with Crippen LogP contribution in [-0.2, 0) is 4.79 Å². The molecule has 0 saturated carbocycles. The molecule has 0 spiro atoms. The number of tetrazole rings is 1. The molecule has 2 aromatic rings. The highest BCUT2D eigenvalue weighted by Crippen LogP contribution is 2.27. The van der Waals surface area contributed by atoms with E-state index in [1.54, 1.807) is 6.92 Å². The van der Waals surface area contributed by atoms with Crippen LogP contribution in [0.25, 0.3) is 5.69 Å². The number of halogens is 3. The molecule has 0 unspecified atom stereocenters. The first-order chi connectivity index (χ1) is 10.8. The number of rotatable bonds is 6. The van der Waals surface area contributed by atoms with Crippen LogP contribution >= 0.6 is 11.8 Å².